The number of benzene rings is 2. The van der Waals surface area contributed by atoms with Crippen molar-refractivity contribution in [2.45, 2.75) is 19.9 Å². The third kappa shape index (κ3) is 3.82. The first-order chi connectivity index (χ1) is 12.4. The maximum absolute atomic E-state index is 13.3. The lowest BCUT2D eigenvalue weighted by Gasteiger charge is -2.16. The quantitative estimate of drug-likeness (QED) is 0.750. The Morgan fingerprint density at radius 2 is 1.96 bits per heavy atom. The molecular formula is C17H16F2N6O. The standard InChI is InChI=1S/C17H16F2N6O/c1-10-3-5-13(25-9-20-23-24-25)8-16(10)22-17(26)21-11(2)12-4-6-14(18)15(19)7-12/h3-9,11H,1-2H3,(H2,21,22,26)/t11-/m0/s1. The van der Waals surface area contributed by atoms with E-state index in [4.69, 9.17) is 0 Å². The normalized spacial score (nSPS) is 11.8. The van der Waals surface area contributed by atoms with Crippen LogP contribution in [-0.2, 0) is 0 Å². The molecule has 26 heavy (non-hydrogen) atoms. The van der Waals surface area contributed by atoms with Crippen LogP contribution in [0.3, 0.4) is 0 Å². The third-order valence-corrected chi connectivity index (χ3v) is 3.87. The van der Waals surface area contributed by atoms with Crippen LogP contribution < -0.4 is 10.6 Å². The van der Waals surface area contributed by atoms with E-state index in [1.807, 2.05) is 19.1 Å². The van der Waals surface area contributed by atoms with Gasteiger partial charge in [0.2, 0.25) is 0 Å². The molecule has 7 nitrogen and oxygen atoms in total. The Balaban J connectivity index is 1.71. The molecule has 0 fully saturated rings. The summed E-state index contributed by atoms with van der Waals surface area (Å²) in [6.07, 6.45) is 1.44. The van der Waals surface area contributed by atoms with Crippen molar-refractivity contribution in [2.75, 3.05) is 5.32 Å². The van der Waals surface area contributed by atoms with Crippen LogP contribution in [0.15, 0.2) is 42.7 Å². The summed E-state index contributed by atoms with van der Waals surface area (Å²) in [6, 6.07) is 7.90. The van der Waals surface area contributed by atoms with E-state index in [0.29, 0.717) is 16.9 Å². The monoisotopic (exact) mass is 358 g/mol. The van der Waals surface area contributed by atoms with Gasteiger partial charge < -0.3 is 10.6 Å². The highest BCUT2D eigenvalue weighted by molar-refractivity contribution is 5.90. The van der Waals surface area contributed by atoms with Gasteiger partial charge in [0.15, 0.2) is 11.6 Å². The molecule has 2 amide bonds. The lowest BCUT2D eigenvalue weighted by atomic mass is 10.1. The zero-order valence-electron chi connectivity index (χ0n) is 14.1. The highest BCUT2D eigenvalue weighted by Gasteiger charge is 2.13. The van der Waals surface area contributed by atoms with Gasteiger partial charge in [-0.15, -0.1) is 5.10 Å². The maximum Gasteiger partial charge on any atom is 0.319 e. The van der Waals surface area contributed by atoms with E-state index in [1.54, 1.807) is 13.0 Å². The van der Waals surface area contributed by atoms with Crippen molar-refractivity contribution in [3.63, 3.8) is 0 Å². The fourth-order valence-corrected chi connectivity index (χ4v) is 2.39. The zero-order valence-corrected chi connectivity index (χ0v) is 14.1. The number of tetrazole rings is 1. The number of rotatable bonds is 4. The molecule has 2 aromatic carbocycles. The Morgan fingerprint density at radius 3 is 2.65 bits per heavy atom. The van der Waals surface area contributed by atoms with Gasteiger partial charge in [0.05, 0.1) is 11.7 Å². The van der Waals surface area contributed by atoms with E-state index in [2.05, 4.69) is 26.2 Å². The molecule has 0 aliphatic carbocycles. The van der Waals surface area contributed by atoms with Crippen LogP contribution in [0.2, 0.25) is 0 Å². The minimum atomic E-state index is -0.957. The summed E-state index contributed by atoms with van der Waals surface area (Å²) in [5, 5.41) is 16.4. The molecule has 1 atom stereocenters. The number of aryl methyl sites for hydroxylation is 1. The second kappa shape index (κ2) is 7.26. The largest absolute Gasteiger partial charge is 0.331 e. The van der Waals surface area contributed by atoms with E-state index < -0.39 is 23.7 Å². The number of hydrogen-bond acceptors (Lipinski definition) is 4. The molecule has 134 valence electrons. The fourth-order valence-electron chi connectivity index (χ4n) is 2.39. The number of aromatic nitrogens is 4. The number of halogens is 2. The average Bonchev–Trinajstić information content (AvgIpc) is 3.13. The molecule has 9 heteroatoms. The minimum absolute atomic E-state index is 0.457. The number of amides is 2. The van der Waals surface area contributed by atoms with Crippen LogP contribution in [0, 0.1) is 18.6 Å². The van der Waals surface area contributed by atoms with Crippen molar-refractivity contribution in [2.24, 2.45) is 0 Å². The number of anilines is 1. The number of carbonyl (C=O) groups is 1. The van der Waals surface area contributed by atoms with Crippen LogP contribution in [0.25, 0.3) is 5.69 Å². The minimum Gasteiger partial charge on any atom is -0.331 e. The van der Waals surface area contributed by atoms with Crippen LogP contribution in [0.4, 0.5) is 19.3 Å². The summed E-state index contributed by atoms with van der Waals surface area (Å²) in [7, 11) is 0. The van der Waals surface area contributed by atoms with E-state index in [9.17, 15) is 13.6 Å². The molecule has 1 heterocycles. The zero-order chi connectivity index (χ0) is 18.7. The van der Waals surface area contributed by atoms with Crippen molar-refractivity contribution in [1.29, 1.82) is 0 Å². The van der Waals surface area contributed by atoms with Crippen LogP contribution >= 0.6 is 0 Å². The molecule has 0 radical (unpaired) electrons. The fraction of sp³-hybridized carbons (Fsp3) is 0.176. The van der Waals surface area contributed by atoms with Gasteiger partial charge in [0.25, 0.3) is 0 Å². The number of nitrogens with one attached hydrogen (secondary N) is 2. The smallest absolute Gasteiger partial charge is 0.319 e. The maximum atomic E-state index is 13.3. The first kappa shape index (κ1) is 17.5. The number of carbonyl (C=O) groups excluding carboxylic acids is 1. The van der Waals surface area contributed by atoms with Gasteiger partial charge in [0.1, 0.15) is 6.33 Å². The molecule has 0 aliphatic heterocycles. The number of urea groups is 1. The van der Waals surface area contributed by atoms with Gasteiger partial charge in [-0.05, 0) is 59.7 Å². The van der Waals surface area contributed by atoms with E-state index >= 15 is 0 Å². The van der Waals surface area contributed by atoms with Crippen LogP contribution in [0.5, 0.6) is 0 Å². The highest BCUT2D eigenvalue weighted by Crippen LogP contribution is 2.20. The molecular weight excluding hydrogens is 342 g/mol. The highest BCUT2D eigenvalue weighted by atomic mass is 19.2. The van der Waals surface area contributed by atoms with Gasteiger partial charge >= 0.3 is 6.03 Å². The van der Waals surface area contributed by atoms with Crippen LogP contribution in [-0.4, -0.2) is 26.2 Å². The van der Waals surface area contributed by atoms with E-state index in [0.717, 1.165) is 17.7 Å². The predicted octanol–water partition coefficient (Wildman–Crippen LogP) is 3.13. The van der Waals surface area contributed by atoms with Crippen molar-refractivity contribution < 1.29 is 13.6 Å². The molecule has 0 bridgehead atoms. The summed E-state index contributed by atoms with van der Waals surface area (Å²) in [6.45, 7) is 3.52. The Morgan fingerprint density at radius 1 is 1.15 bits per heavy atom. The molecule has 0 unspecified atom stereocenters. The molecule has 0 saturated carbocycles. The molecule has 0 aliphatic rings. The van der Waals surface area contributed by atoms with Gasteiger partial charge in [-0.1, -0.05) is 12.1 Å². The third-order valence-electron chi connectivity index (χ3n) is 3.87. The van der Waals surface area contributed by atoms with Crippen molar-refractivity contribution in [1.82, 2.24) is 25.5 Å². The summed E-state index contributed by atoms with van der Waals surface area (Å²) >= 11 is 0. The van der Waals surface area contributed by atoms with Crippen molar-refractivity contribution in [3.8, 4) is 5.69 Å². The molecule has 1 aromatic heterocycles. The summed E-state index contributed by atoms with van der Waals surface area (Å²) in [4.78, 5) is 12.3. The van der Waals surface area contributed by atoms with E-state index in [1.165, 1.54) is 17.1 Å². The Bertz CT molecular complexity index is 929. The average molecular weight is 358 g/mol. The van der Waals surface area contributed by atoms with Gasteiger partial charge in [-0.3, -0.25) is 0 Å². The van der Waals surface area contributed by atoms with Gasteiger partial charge in [-0.25, -0.2) is 18.3 Å². The van der Waals surface area contributed by atoms with Crippen molar-refractivity contribution in [3.05, 3.63) is 65.5 Å². The second-order valence-electron chi connectivity index (χ2n) is 5.75. The van der Waals surface area contributed by atoms with Gasteiger partial charge in [-0.2, -0.15) is 0 Å². The summed E-state index contributed by atoms with van der Waals surface area (Å²) in [5.41, 5.74) is 2.56. The molecule has 2 N–H and O–H groups in total. The molecule has 3 aromatic rings. The van der Waals surface area contributed by atoms with Crippen LogP contribution in [0.1, 0.15) is 24.1 Å². The number of hydrogen-bond donors (Lipinski definition) is 2. The lowest BCUT2D eigenvalue weighted by molar-refractivity contribution is 0.249. The Labute approximate surface area is 148 Å². The Hall–Kier alpha value is -3.36. The molecule has 3 rings (SSSR count). The Kier molecular flexibility index (Phi) is 4.87. The summed E-state index contributed by atoms with van der Waals surface area (Å²) < 4.78 is 27.8. The molecule has 0 spiro atoms. The first-order valence-corrected chi connectivity index (χ1v) is 7.80. The second-order valence-corrected chi connectivity index (χ2v) is 5.75. The topological polar surface area (TPSA) is 84.7 Å². The summed E-state index contributed by atoms with van der Waals surface area (Å²) in [5.74, 6) is -1.89. The first-order valence-electron chi connectivity index (χ1n) is 7.80. The van der Waals surface area contributed by atoms with Crippen molar-refractivity contribution >= 4 is 11.7 Å². The predicted molar refractivity (Wildman–Crippen MR) is 90.8 cm³/mol. The lowest BCUT2D eigenvalue weighted by Crippen LogP contribution is -2.31. The number of nitrogens with zero attached hydrogens (tertiary/aromatic N) is 4. The SMILES string of the molecule is Cc1ccc(-n2cnnn2)cc1NC(=O)N[C@@H](C)c1ccc(F)c(F)c1. The molecule has 0 saturated heterocycles. The van der Waals surface area contributed by atoms with E-state index in [-0.39, 0.29) is 0 Å². The van der Waals surface area contributed by atoms with Gasteiger partial charge in [0, 0.05) is 5.69 Å².